The summed E-state index contributed by atoms with van der Waals surface area (Å²) in [6.07, 6.45) is 4.94. The van der Waals surface area contributed by atoms with E-state index in [-0.39, 0.29) is 5.91 Å². The van der Waals surface area contributed by atoms with Crippen LogP contribution in [0.5, 0.6) is 0 Å². The van der Waals surface area contributed by atoms with E-state index in [9.17, 15) is 4.79 Å². The highest BCUT2D eigenvalue weighted by atomic mass is 32.2. The number of anilines is 1. The quantitative estimate of drug-likeness (QED) is 0.341. The van der Waals surface area contributed by atoms with Gasteiger partial charge in [-0.15, -0.1) is 10.2 Å². The molecule has 0 saturated heterocycles. The highest BCUT2D eigenvalue weighted by molar-refractivity contribution is 7.99. The molecule has 4 rings (SSSR count). The first kappa shape index (κ1) is 22.1. The number of H-pyrrole nitrogens is 1. The average Bonchev–Trinajstić information content (AvgIpc) is 3.39. The second-order valence-corrected chi connectivity index (χ2v) is 8.88. The average molecular weight is 448 g/mol. The predicted molar refractivity (Wildman–Crippen MR) is 131 cm³/mol. The van der Waals surface area contributed by atoms with Crippen LogP contribution in [0.4, 0.5) is 5.69 Å². The van der Waals surface area contributed by atoms with Crippen LogP contribution in [0, 0.1) is 13.8 Å². The maximum Gasteiger partial charge on any atom is 0.234 e. The lowest BCUT2D eigenvalue weighted by Crippen LogP contribution is -2.15. The Labute approximate surface area is 192 Å². The van der Waals surface area contributed by atoms with Crippen molar-refractivity contribution in [1.82, 2.24) is 19.7 Å². The molecule has 2 aromatic carbocycles. The monoisotopic (exact) mass is 447 g/mol. The number of carbonyl (C=O) groups is 1. The largest absolute Gasteiger partial charge is 0.361 e. The molecule has 0 spiro atoms. The van der Waals surface area contributed by atoms with E-state index in [1.165, 1.54) is 33.8 Å². The summed E-state index contributed by atoms with van der Waals surface area (Å²) in [5.74, 6) is 1.25. The van der Waals surface area contributed by atoms with Crippen LogP contribution in [0.2, 0.25) is 0 Å². The van der Waals surface area contributed by atoms with Gasteiger partial charge in [-0.3, -0.25) is 4.79 Å². The van der Waals surface area contributed by atoms with Gasteiger partial charge in [0.15, 0.2) is 5.16 Å². The van der Waals surface area contributed by atoms with Crippen LogP contribution >= 0.6 is 11.8 Å². The summed E-state index contributed by atoms with van der Waals surface area (Å²) in [5.41, 5.74) is 5.64. The van der Waals surface area contributed by atoms with E-state index in [2.05, 4.69) is 56.4 Å². The van der Waals surface area contributed by atoms with Crippen molar-refractivity contribution in [3.8, 4) is 0 Å². The maximum absolute atomic E-state index is 12.5. The van der Waals surface area contributed by atoms with Gasteiger partial charge < -0.3 is 14.9 Å². The van der Waals surface area contributed by atoms with Crippen molar-refractivity contribution in [3.05, 3.63) is 71.2 Å². The minimum atomic E-state index is -0.0322. The Bertz CT molecular complexity index is 1230. The van der Waals surface area contributed by atoms with Gasteiger partial charge in [0.05, 0.1) is 5.75 Å². The molecule has 2 aromatic heterocycles. The topological polar surface area (TPSA) is 75.6 Å². The van der Waals surface area contributed by atoms with Crippen molar-refractivity contribution in [2.75, 3.05) is 11.1 Å². The van der Waals surface area contributed by atoms with E-state index in [1.807, 2.05) is 38.1 Å². The minimum absolute atomic E-state index is 0.0322. The number of aromatic amines is 1. The Morgan fingerprint density at radius 2 is 1.94 bits per heavy atom. The molecule has 7 heteroatoms. The number of aryl methyl sites for hydroxylation is 3. The second-order valence-electron chi connectivity index (χ2n) is 7.94. The van der Waals surface area contributed by atoms with Gasteiger partial charge in [0, 0.05) is 35.8 Å². The summed E-state index contributed by atoms with van der Waals surface area (Å²) in [6.45, 7) is 6.95. The summed E-state index contributed by atoms with van der Waals surface area (Å²) in [7, 11) is 0. The molecule has 0 unspecified atom stereocenters. The lowest BCUT2D eigenvalue weighted by molar-refractivity contribution is -0.113. The number of rotatable bonds is 9. The molecule has 0 saturated carbocycles. The second kappa shape index (κ2) is 10.0. The van der Waals surface area contributed by atoms with Gasteiger partial charge in [-0.1, -0.05) is 42.1 Å². The van der Waals surface area contributed by atoms with E-state index in [1.54, 1.807) is 0 Å². The Balaban J connectivity index is 1.33. The van der Waals surface area contributed by atoms with Crippen molar-refractivity contribution < 1.29 is 4.79 Å². The Morgan fingerprint density at radius 1 is 1.09 bits per heavy atom. The number of carbonyl (C=O) groups excluding carboxylic acids is 1. The minimum Gasteiger partial charge on any atom is -0.361 e. The summed E-state index contributed by atoms with van der Waals surface area (Å²) in [4.78, 5) is 15.8. The van der Waals surface area contributed by atoms with E-state index < -0.39 is 0 Å². The van der Waals surface area contributed by atoms with Crippen LogP contribution in [0.3, 0.4) is 0 Å². The summed E-state index contributed by atoms with van der Waals surface area (Å²) < 4.78 is 2.12. The number of para-hydroxylation sites is 1. The number of nitrogens with zero attached hydrogens (tertiary/aromatic N) is 3. The van der Waals surface area contributed by atoms with Crippen molar-refractivity contribution in [1.29, 1.82) is 0 Å². The molecule has 1 amide bonds. The van der Waals surface area contributed by atoms with E-state index in [0.717, 1.165) is 48.0 Å². The molecule has 0 aliphatic rings. The zero-order valence-corrected chi connectivity index (χ0v) is 19.6. The third-order valence-corrected chi connectivity index (χ3v) is 6.81. The fourth-order valence-electron chi connectivity index (χ4n) is 3.91. The first-order chi connectivity index (χ1) is 15.6. The van der Waals surface area contributed by atoms with Gasteiger partial charge in [0.25, 0.3) is 0 Å². The third kappa shape index (κ3) is 4.88. The van der Waals surface area contributed by atoms with Gasteiger partial charge in [-0.25, -0.2) is 0 Å². The molecule has 0 bridgehead atoms. The Morgan fingerprint density at radius 3 is 2.78 bits per heavy atom. The zero-order chi connectivity index (χ0) is 22.5. The summed E-state index contributed by atoms with van der Waals surface area (Å²) in [6, 6.07) is 14.3. The number of fused-ring (bicyclic) bond motifs is 1. The zero-order valence-electron chi connectivity index (χ0n) is 18.8. The number of nitrogens with one attached hydrogen (secondary N) is 2. The van der Waals surface area contributed by atoms with Crippen LogP contribution in [0.15, 0.2) is 53.8 Å². The van der Waals surface area contributed by atoms with Crippen LogP contribution in [0.25, 0.3) is 10.9 Å². The van der Waals surface area contributed by atoms with E-state index in [4.69, 9.17) is 0 Å². The fraction of sp³-hybridized carbons (Fsp3) is 0.320. The lowest BCUT2D eigenvalue weighted by Gasteiger charge is -2.10. The molecule has 2 heterocycles. The lowest BCUT2D eigenvalue weighted by atomic mass is 10.1. The molecule has 0 radical (unpaired) electrons. The van der Waals surface area contributed by atoms with Gasteiger partial charge >= 0.3 is 0 Å². The predicted octanol–water partition coefficient (Wildman–Crippen LogP) is 5.30. The normalized spacial score (nSPS) is 11.2. The highest BCUT2D eigenvalue weighted by Gasteiger charge is 2.14. The molecular formula is C25H29N5OS. The first-order valence-corrected chi connectivity index (χ1v) is 12.0. The van der Waals surface area contributed by atoms with Crippen molar-refractivity contribution in [2.24, 2.45) is 0 Å². The smallest absolute Gasteiger partial charge is 0.234 e. The van der Waals surface area contributed by atoms with Crippen LogP contribution < -0.4 is 5.32 Å². The summed E-state index contributed by atoms with van der Waals surface area (Å²) >= 11 is 1.44. The molecule has 0 aliphatic carbocycles. The molecule has 6 nitrogen and oxygen atoms in total. The fourth-order valence-corrected chi connectivity index (χ4v) is 4.73. The number of hydrogen-bond donors (Lipinski definition) is 2. The number of amides is 1. The third-order valence-electron chi connectivity index (χ3n) is 5.84. The molecule has 32 heavy (non-hydrogen) atoms. The number of thioether (sulfide) groups is 1. The van der Waals surface area contributed by atoms with Gasteiger partial charge in [0.1, 0.15) is 5.82 Å². The summed E-state index contributed by atoms with van der Waals surface area (Å²) in [5, 5.41) is 13.9. The Kier molecular flexibility index (Phi) is 6.95. The molecule has 0 aliphatic heterocycles. The van der Waals surface area contributed by atoms with Crippen molar-refractivity contribution >= 4 is 34.3 Å². The van der Waals surface area contributed by atoms with Crippen LogP contribution in [0.1, 0.15) is 35.9 Å². The molecule has 2 N–H and O–H groups in total. The number of aromatic nitrogens is 4. The Hall–Kier alpha value is -3.06. The van der Waals surface area contributed by atoms with E-state index >= 15 is 0 Å². The molecule has 166 valence electrons. The van der Waals surface area contributed by atoms with Gasteiger partial charge in [-0.05, 0) is 62.4 Å². The maximum atomic E-state index is 12.5. The molecule has 0 fully saturated rings. The van der Waals surface area contributed by atoms with Gasteiger partial charge in [-0.2, -0.15) is 0 Å². The van der Waals surface area contributed by atoms with Crippen LogP contribution in [-0.4, -0.2) is 31.4 Å². The number of benzene rings is 2. The van der Waals surface area contributed by atoms with Crippen LogP contribution in [-0.2, 0) is 24.2 Å². The molecule has 0 atom stereocenters. The first-order valence-electron chi connectivity index (χ1n) is 11.0. The SMILES string of the molecule is CCn1c(CCCc2c[nH]c3ccccc23)nnc1SCC(=O)Nc1cccc(C)c1C. The van der Waals surface area contributed by atoms with Crippen molar-refractivity contribution in [3.63, 3.8) is 0 Å². The number of hydrogen-bond acceptors (Lipinski definition) is 4. The molecular weight excluding hydrogens is 418 g/mol. The van der Waals surface area contributed by atoms with Gasteiger partial charge in [0.2, 0.25) is 5.91 Å². The van der Waals surface area contributed by atoms with E-state index in [0.29, 0.717) is 5.75 Å². The molecule has 4 aromatic rings. The van der Waals surface area contributed by atoms with Crippen molar-refractivity contribution in [2.45, 2.75) is 51.7 Å². The standard InChI is InChI=1S/C25H29N5OS/c1-4-30-23(14-8-10-19-15-26-22-12-6-5-11-20(19)22)28-29-25(30)32-16-24(31)27-21-13-7-9-17(2)18(21)3/h5-7,9,11-13,15,26H,4,8,10,14,16H2,1-3H3,(H,27,31). The highest BCUT2D eigenvalue weighted by Crippen LogP contribution is 2.22.